The first kappa shape index (κ1) is 6.53. The average Bonchev–Trinajstić information content (AvgIpc) is 2.41. The third-order valence-electron chi connectivity index (χ3n) is 2.45. The Morgan fingerprint density at radius 1 is 1.40 bits per heavy atom. The predicted octanol–water partition coefficient (Wildman–Crippen LogP) is 1.96. The normalized spacial score (nSPS) is 50.1. The highest BCUT2D eigenvalue weighted by atomic mass is 19.3. The van der Waals surface area contributed by atoms with Crippen LogP contribution in [0.15, 0.2) is 0 Å². The summed E-state index contributed by atoms with van der Waals surface area (Å²) in [5.74, 6) is -2.55. The highest BCUT2D eigenvalue weighted by Crippen LogP contribution is 2.54. The minimum atomic E-state index is -2.55. The van der Waals surface area contributed by atoms with Gasteiger partial charge in [0.1, 0.15) is 0 Å². The van der Waals surface area contributed by atoms with Crippen LogP contribution < -0.4 is 0 Å². The first-order chi connectivity index (χ1) is 4.55. The Bertz CT molecular complexity index is 169. The molecule has 1 aliphatic heterocycles. The van der Waals surface area contributed by atoms with Gasteiger partial charge in [-0.1, -0.05) is 0 Å². The molecule has 2 fully saturated rings. The van der Waals surface area contributed by atoms with Gasteiger partial charge in [-0.15, -0.1) is 0 Å². The Kier molecular flexibility index (Phi) is 0.994. The molecule has 58 valence electrons. The lowest BCUT2D eigenvalue weighted by atomic mass is 9.88. The molecule has 1 aliphatic carbocycles. The van der Waals surface area contributed by atoms with E-state index < -0.39 is 17.6 Å². The molecule has 3 heteroatoms. The van der Waals surface area contributed by atoms with Crippen LogP contribution in [0.4, 0.5) is 8.78 Å². The molecule has 10 heavy (non-hydrogen) atoms. The van der Waals surface area contributed by atoms with Gasteiger partial charge in [-0.3, -0.25) is 0 Å². The number of hydrogen-bond donors (Lipinski definition) is 0. The predicted molar refractivity (Wildman–Crippen MR) is 32.1 cm³/mol. The van der Waals surface area contributed by atoms with Crippen LogP contribution >= 0.6 is 0 Å². The van der Waals surface area contributed by atoms with Crippen molar-refractivity contribution in [1.82, 2.24) is 0 Å². The first-order valence-corrected chi connectivity index (χ1v) is 3.60. The Balaban J connectivity index is 2.16. The summed E-state index contributed by atoms with van der Waals surface area (Å²) in [5, 5.41) is 0. The molecule has 2 aliphatic rings. The Hall–Kier alpha value is -0.180. The SMILES string of the molecule is C[C@]12CCCC(F)(F)[C@H]1O2. The van der Waals surface area contributed by atoms with Crippen molar-refractivity contribution in [2.24, 2.45) is 0 Å². The van der Waals surface area contributed by atoms with Crippen LogP contribution in [0.25, 0.3) is 0 Å². The van der Waals surface area contributed by atoms with Gasteiger partial charge in [0.25, 0.3) is 5.92 Å². The van der Waals surface area contributed by atoms with E-state index in [0.717, 1.165) is 6.42 Å². The largest absolute Gasteiger partial charge is 0.360 e. The van der Waals surface area contributed by atoms with Crippen LogP contribution in [0.5, 0.6) is 0 Å². The minimum Gasteiger partial charge on any atom is -0.360 e. The number of fused-ring (bicyclic) bond motifs is 1. The molecular weight excluding hydrogens is 138 g/mol. The van der Waals surface area contributed by atoms with Gasteiger partial charge in [-0.05, 0) is 19.8 Å². The van der Waals surface area contributed by atoms with Crippen LogP contribution in [0.3, 0.4) is 0 Å². The van der Waals surface area contributed by atoms with Gasteiger partial charge < -0.3 is 4.74 Å². The van der Waals surface area contributed by atoms with Gasteiger partial charge in [0.05, 0.1) is 5.60 Å². The molecule has 0 aromatic carbocycles. The molecule has 0 unspecified atom stereocenters. The van der Waals surface area contributed by atoms with Gasteiger partial charge in [0.2, 0.25) is 0 Å². The molecule has 0 N–H and O–H groups in total. The summed E-state index contributed by atoms with van der Waals surface area (Å²) >= 11 is 0. The van der Waals surface area contributed by atoms with Crippen LogP contribution in [0.2, 0.25) is 0 Å². The summed E-state index contributed by atoms with van der Waals surface area (Å²) < 4.78 is 30.5. The Morgan fingerprint density at radius 2 is 2.10 bits per heavy atom. The lowest BCUT2D eigenvalue weighted by Gasteiger charge is -2.20. The van der Waals surface area contributed by atoms with Gasteiger partial charge in [-0.2, -0.15) is 0 Å². The third-order valence-corrected chi connectivity index (χ3v) is 2.45. The molecule has 0 aromatic heterocycles. The van der Waals surface area contributed by atoms with Crippen molar-refractivity contribution in [3.63, 3.8) is 0 Å². The molecule has 0 aromatic rings. The molecule has 0 spiro atoms. The molecule has 1 saturated heterocycles. The molecule has 2 atom stereocenters. The Morgan fingerprint density at radius 3 is 2.60 bits per heavy atom. The summed E-state index contributed by atoms with van der Waals surface area (Å²) in [4.78, 5) is 0. The lowest BCUT2D eigenvalue weighted by Crippen LogP contribution is -2.33. The second-order valence-electron chi connectivity index (χ2n) is 3.43. The standard InChI is InChI=1S/C7H10F2O/c1-6-3-2-4-7(8,9)5(6)10-6/h5H,2-4H2,1H3/t5-,6-/m0/s1. The molecule has 1 heterocycles. The second-order valence-corrected chi connectivity index (χ2v) is 3.43. The van der Waals surface area contributed by atoms with Crippen molar-refractivity contribution in [2.45, 2.75) is 43.8 Å². The van der Waals surface area contributed by atoms with Crippen molar-refractivity contribution in [3.8, 4) is 0 Å². The lowest BCUT2D eigenvalue weighted by molar-refractivity contribution is -0.0402. The van der Waals surface area contributed by atoms with E-state index in [1.54, 1.807) is 6.92 Å². The number of ether oxygens (including phenoxy) is 1. The second kappa shape index (κ2) is 1.52. The zero-order valence-corrected chi connectivity index (χ0v) is 5.86. The molecular formula is C7H10F2O. The summed E-state index contributed by atoms with van der Waals surface area (Å²) in [5.41, 5.74) is -0.470. The number of epoxide rings is 1. The third kappa shape index (κ3) is 0.698. The van der Waals surface area contributed by atoms with Crippen LogP contribution in [-0.2, 0) is 4.74 Å². The van der Waals surface area contributed by atoms with E-state index in [1.807, 2.05) is 0 Å². The van der Waals surface area contributed by atoms with E-state index in [0.29, 0.717) is 6.42 Å². The van der Waals surface area contributed by atoms with Crippen LogP contribution in [-0.4, -0.2) is 17.6 Å². The number of hydrogen-bond acceptors (Lipinski definition) is 1. The molecule has 0 bridgehead atoms. The highest BCUT2D eigenvalue weighted by molar-refractivity contribution is 5.09. The average molecular weight is 148 g/mol. The fourth-order valence-electron chi connectivity index (χ4n) is 1.76. The quantitative estimate of drug-likeness (QED) is 0.478. The molecule has 2 rings (SSSR count). The number of halogens is 2. The van der Waals surface area contributed by atoms with E-state index >= 15 is 0 Å². The fourth-order valence-corrected chi connectivity index (χ4v) is 1.76. The maximum Gasteiger partial charge on any atom is 0.276 e. The summed E-state index contributed by atoms with van der Waals surface area (Å²) in [6.07, 6.45) is 0.634. The van der Waals surface area contributed by atoms with Gasteiger partial charge in [-0.25, -0.2) is 8.78 Å². The van der Waals surface area contributed by atoms with Gasteiger partial charge in [0.15, 0.2) is 6.10 Å². The van der Waals surface area contributed by atoms with Crippen LogP contribution in [0.1, 0.15) is 26.2 Å². The smallest absolute Gasteiger partial charge is 0.276 e. The van der Waals surface area contributed by atoms with Crippen molar-refractivity contribution in [1.29, 1.82) is 0 Å². The highest BCUT2D eigenvalue weighted by Gasteiger charge is 2.66. The topological polar surface area (TPSA) is 12.5 Å². The van der Waals surface area contributed by atoms with Crippen molar-refractivity contribution < 1.29 is 13.5 Å². The van der Waals surface area contributed by atoms with Gasteiger partial charge >= 0.3 is 0 Å². The molecule has 0 radical (unpaired) electrons. The van der Waals surface area contributed by atoms with Crippen molar-refractivity contribution >= 4 is 0 Å². The minimum absolute atomic E-state index is 0.00720. The Labute approximate surface area is 58.4 Å². The number of alkyl halides is 2. The maximum absolute atomic E-state index is 12.8. The molecule has 0 amide bonds. The number of rotatable bonds is 0. The molecule has 1 saturated carbocycles. The van der Waals surface area contributed by atoms with E-state index in [2.05, 4.69) is 0 Å². The first-order valence-electron chi connectivity index (χ1n) is 3.60. The van der Waals surface area contributed by atoms with E-state index in [9.17, 15) is 8.78 Å². The summed E-state index contributed by atoms with van der Waals surface area (Å²) in [7, 11) is 0. The molecule has 1 nitrogen and oxygen atoms in total. The zero-order chi connectivity index (χ0) is 7.41. The van der Waals surface area contributed by atoms with E-state index in [-0.39, 0.29) is 6.42 Å². The van der Waals surface area contributed by atoms with Gasteiger partial charge in [0, 0.05) is 6.42 Å². The van der Waals surface area contributed by atoms with Crippen molar-refractivity contribution in [2.75, 3.05) is 0 Å². The van der Waals surface area contributed by atoms with Crippen molar-refractivity contribution in [3.05, 3.63) is 0 Å². The fraction of sp³-hybridized carbons (Fsp3) is 1.00. The monoisotopic (exact) mass is 148 g/mol. The van der Waals surface area contributed by atoms with Crippen LogP contribution in [0, 0.1) is 0 Å². The van der Waals surface area contributed by atoms with E-state index in [4.69, 9.17) is 4.74 Å². The zero-order valence-electron chi connectivity index (χ0n) is 5.86. The summed E-state index contributed by atoms with van der Waals surface area (Å²) in [6, 6.07) is 0. The van der Waals surface area contributed by atoms with E-state index in [1.165, 1.54) is 0 Å². The summed E-state index contributed by atoms with van der Waals surface area (Å²) in [6.45, 7) is 1.77. The maximum atomic E-state index is 12.8.